The molecule has 1 aromatic carbocycles. The standard InChI is InChI=1S/C14H11ClN4O/c15-10-3-1-9(2-4-10)7-13-18-14(20-19-13)12-6-5-11(16)8-17-12/h1-6,8H,7,16H2. The van der Waals surface area contributed by atoms with Gasteiger partial charge in [0.15, 0.2) is 5.82 Å². The van der Waals surface area contributed by atoms with Crippen molar-refractivity contribution in [1.82, 2.24) is 15.1 Å². The minimum atomic E-state index is 0.383. The highest BCUT2D eigenvalue weighted by Gasteiger charge is 2.10. The summed E-state index contributed by atoms with van der Waals surface area (Å²) in [4.78, 5) is 8.46. The summed E-state index contributed by atoms with van der Waals surface area (Å²) >= 11 is 5.84. The maximum atomic E-state index is 5.84. The molecule has 3 rings (SSSR count). The topological polar surface area (TPSA) is 77.8 Å². The molecular formula is C14H11ClN4O. The maximum Gasteiger partial charge on any atom is 0.276 e. The molecule has 6 heteroatoms. The number of hydrogen-bond acceptors (Lipinski definition) is 5. The van der Waals surface area contributed by atoms with Crippen LogP contribution in [0.4, 0.5) is 5.69 Å². The molecule has 5 nitrogen and oxygen atoms in total. The fourth-order valence-corrected chi connectivity index (χ4v) is 1.87. The molecular weight excluding hydrogens is 276 g/mol. The molecule has 0 aliphatic heterocycles. The summed E-state index contributed by atoms with van der Waals surface area (Å²) in [5.41, 5.74) is 7.84. The molecule has 3 aromatic rings. The molecule has 0 unspecified atom stereocenters. The number of anilines is 1. The Hall–Kier alpha value is -2.40. The van der Waals surface area contributed by atoms with E-state index in [1.165, 1.54) is 0 Å². The summed E-state index contributed by atoms with van der Waals surface area (Å²) in [6, 6.07) is 11.0. The van der Waals surface area contributed by atoms with Crippen LogP contribution in [-0.2, 0) is 6.42 Å². The SMILES string of the molecule is Nc1ccc(-c2nc(Cc3ccc(Cl)cc3)no2)nc1. The van der Waals surface area contributed by atoms with E-state index >= 15 is 0 Å². The number of nitrogens with two attached hydrogens (primary N) is 1. The molecule has 0 fully saturated rings. The van der Waals surface area contributed by atoms with Crippen molar-refractivity contribution in [1.29, 1.82) is 0 Å². The van der Waals surface area contributed by atoms with Crippen molar-refractivity contribution in [3.63, 3.8) is 0 Å². The second kappa shape index (κ2) is 5.30. The fraction of sp³-hybridized carbons (Fsp3) is 0.0714. The number of nitrogens with zero attached hydrogens (tertiary/aromatic N) is 3. The van der Waals surface area contributed by atoms with Crippen LogP contribution in [0.3, 0.4) is 0 Å². The van der Waals surface area contributed by atoms with E-state index in [2.05, 4.69) is 15.1 Å². The minimum Gasteiger partial charge on any atom is -0.397 e. The Kier molecular flexibility index (Phi) is 3.35. The van der Waals surface area contributed by atoms with Gasteiger partial charge in [0.25, 0.3) is 5.89 Å². The largest absolute Gasteiger partial charge is 0.397 e. The molecule has 20 heavy (non-hydrogen) atoms. The Bertz CT molecular complexity index is 707. The van der Waals surface area contributed by atoms with Crippen molar-refractivity contribution in [2.45, 2.75) is 6.42 Å². The van der Waals surface area contributed by atoms with Crippen molar-refractivity contribution >= 4 is 17.3 Å². The number of aromatic nitrogens is 3. The van der Waals surface area contributed by atoms with Gasteiger partial charge in [-0.15, -0.1) is 0 Å². The van der Waals surface area contributed by atoms with Gasteiger partial charge in [0, 0.05) is 11.4 Å². The van der Waals surface area contributed by atoms with E-state index in [-0.39, 0.29) is 0 Å². The Labute approximate surface area is 120 Å². The summed E-state index contributed by atoms with van der Waals surface area (Å²) in [6.45, 7) is 0. The maximum absolute atomic E-state index is 5.84. The summed E-state index contributed by atoms with van der Waals surface area (Å²) < 4.78 is 5.20. The van der Waals surface area contributed by atoms with Gasteiger partial charge in [-0.1, -0.05) is 28.9 Å². The van der Waals surface area contributed by atoms with Crippen LogP contribution in [0, 0.1) is 0 Å². The zero-order valence-electron chi connectivity index (χ0n) is 10.5. The van der Waals surface area contributed by atoms with Crippen LogP contribution in [0.5, 0.6) is 0 Å². The zero-order chi connectivity index (χ0) is 13.9. The average Bonchev–Trinajstić information content (AvgIpc) is 2.91. The van der Waals surface area contributed by atoms with E-state index in [4.69, 9.17) is 21.9 Å². The average molecular weight is 287 g/mol. The van der Waals surface area contributed by atoms with Crippen molar-refractivity contribution in [3.8, 4) is 11.6 Å². The van der Waals surface area contributed by atoms with Gasteiger partial charge in [-0.25, -0.2) is 4.98 Å². The second-order valence-electron chi connectivity index (χ2n) is 4.30. The minimum absolute atomic E-state index is 0.383. The van der Waals surface area contributed by atoms with E-state index in [0.717, 1.165) is 5.56 Å². The lowest BCUT2D eigenvalue weighted by Gasteiger charge is -1.96. The molecule has 0 spiro atoms. The normalized spacial score (nSPS) is 10.7. The molecule has 0 atom stereocenters. The third-order valence-corrected chi connectivity index (χ3v) is 3.00. The number of rotatable bonds is 3. The van der Waals surface area contributed by atoms with Crippen LogP contribution in [0.1, 0.15) is 11.4 Å². The second-order valence-corrected chi connectivity index (χ2v) is 4.73. The van der Waals surface area contributed by atoms with Crippen molar-refractivity contribution in [2.75, 3.05) is 5.73 Å². The third-order valence-electron chi connectivity index (χ3n) is 2.75. The van der Waals surface area contributed by atoms with Gasteiger partial charge in [0.1, 0.15) is 5.69 Å². The lowest BCUT2D eigenvalue weighted by Crippen LogP contribution is -1.91. The fourth-order valence-electron chi connectivity index (χ4n) is 1.75. The van der Waals surface area contributed by atoms with Crippen molar-refractivity contribution in [2.24, 2.45) is 0 Å². The van der Waals surface area contributed by atoms with E-state index in [0.29, 0.717) is 34.5 Å². The van der Waals surface area contributed by atoms with E-state index < -0.39 is 0 Å². The van der Waals surface area contributed by atoms with Crippen LogP contribution in [0.15, 0.2) is 47.1 Å². The van der Waals surface area contributed by atoms with Crippen LogP contribution in [0.2, 0.25) is 5.02 Å². The predicted octanol–water partition coefficient (Wildman–Crippen LogP) is 2.96. The van der Waals surface area contributed by atoms with Gasteiger partial charge < -0.3 is 10.3 Å². The van der Waals surface area contributed by atoms with Crippen LogP contribution in [-0.4, -0.2) is 15.1 Å². The van der Waals surface area contributed by atoms with Crippen LogP contribution < -0.4 is 5.73 Å². The predicted molar refractivity (Wildman–Crippen MR) is 76.2 cm³/mol. The monoisotopic (exact) mass is 286 g/mol. The Morgan fingerprint density at radius 2 is 1.90 bits per heavy atom. The molecule has 0 aliphatic rings. The summed E-state index contributed by atoms with van der Waals surface area (Å²) in [5.74, 6) is 0.981. The number of benzene rings is 1. The molecule has 2 aromatic heterocycles. The van der Waals surface area contributed by atoms with Gasteiger partial charge in [-0.05, 0) is 29.8 Å². The molecule has 0 radical (unpaired) electrons. The van der Waals surface area contributed by atoms with Gasteiger partial charge in [0.2, 0.25) is 0 Å². The molecule has 0 bridgehead atoms. The molecule has 0 amide bonds. The molecule has 0 aliphatic carbocycles. The lowest BCUT2D eigenvalue weighted by molar-refractivity contribution is 0.422. The summed E-state index contributed by atoms with van der Waals surface area (Å²) in [6.07, 6.45) is 2.13. The van der Waals surface area contributed by atoms with E-state index in [1.54, 1.807) is 18.3 Å². The van der Waals surface area contributed by atoms with E-state index in [1.807, 2.05) is 24.3 Å². The summed E-state index contributed by atoms with van der Waals surface area (Å²) in [7, 11) is 0. The first-order valence-electron chi connectivity index (χ1n) is 5.99. The smallest absolute Gasteiger partial charge is 0.276 e. The van der Waals surface area contributed by atoms with Gasteiger partial charge in [0.05, 0.1) is 11.9 Å². The zero-order valence-corrected chi connectivity index (χ0v) is 11.2. The lowest BCUT2D eigenvalue weighted by atomic mass is 10.1. The molecule has 2 N–H and O–H groups in total. The Balaban J connectivity index is 1.80. The van der Waals surface area contributed by atoms with E-state index in [9.17, 15) is 0 Å². The number of hydrogen-bond donors (Lipinski definition) is 1. The van der Waals surface area contributed by atoms with Gasteiger partial charge in [-0.3, -0.25) is 0 Å². The van der Waals surface area contributed by atoms with Gasteiger partial charge >= 0.3 is 0 Å². The first kappa shape index (κ1) is 12.6. The first-order chi connectivity index (χ1) is 9.70. The highest BCUT2D eigenvalue weighted by atomic mass is 35.5. The quantitative estimate of drug-likeness (QED) is 0.801. The number of halogens is 1. The molecule has 100 valence electrons. The molecule has 0 saturated heterocycles. The Morgan fingerprint density at radius 3 is 2.60 bits per heavy atom. The third kappa shape index (κ3) is 2.78. The molecule has 2 heterocycles. The van der Waals surface area contributed by atoms with Crippen molar-refractivity contribution in [3.05, 3.63) is 59.0 Å². The molecule has 0 saturated carbocycles. The van der Waals surface area contributed by atoms with Crippen LogP contribution >= 0.6 is 11.6 Å². The summed E-state index contributed by atoms with van der Waals surface area (Å²) in [5, 5.41) is 4.64. The highest BCUT2D eigenvalue weighted by Crippen LogP contribution is 2.17. The van der Waals surface area contributed by atoms with Gasteiger partial charge in [-0.2, -0.15) is 4.98 Å². The van der Waals surface area contributed by atoms with Crippen LogP contribution in [0.25, 0.3) is 11.6 Å². The first-order valence-corrected chi connectivity index (χ1v) is 6.37. The highest BCUT2D eigenvalue weighted by molar-refractivity contribution is 6.30. The van der Waals surface area contributed by atoms with Crippen molar-refractivity contribution < 1.29 is 4.52 Å². The number of nitrogen functional groups attached to an aromatic ring is 1. The number of pyridine rings is 1. The Morgan fingerprint density at radius 1 is 1.10 bits per heavy atom.